The summed E-state index contributed by atoms with van der Waals surface area (Å²) in [7, 11) is 0. The number of nitrogens with zero attached hydrogens (tertiary/aromatic N) is 2. The second-order valence-electron chi connectivity index (χ2n) is 5.18. The van der Waals surface area contributed by atoms with Gasteiger partial charge in [0.2, 0.25) is 0 Å². The molecule has 2 atom stereocenters. The maximum absolute atomic E-state index is 5.75. The van der Waals surface area contributed by atoms with Crippen molar-refractivity contribution in [2.24, 2.45) is 0 Å². The molecule has 1 rings (SSSR count). The monoisotopic (exact) mass is 279 g/mol. The Balaban J connectivity index is 2.84. The van der Waals surface area contributed by atoms with Crippen LogP contribution in [0.1, 0.15) is 76.2 Å². The predicted octanol–water partition coefficient (Wildman–Crippen LogP) is 3.72. The molecule has 0 aromatic carbocycles. The third kappa shape index (κ3) is 4.84. The number of aryl methyl sites for hydroxylation is 1. The van der Waals surface area contributed by atoms with Gasteiger partial charge in [-0.1, -0.05) is 20.3 Å². The SMILES string of the molecule is CCCNC(C)c1cnc(C(CCC)OCC)nc1C. The number of ether oxygens (including phenoxy) is 1. The van der Waals surface area contributed by atoms with E-state index in [4.69, 9.17) is 4.74 Å². The lowest BCUT2D eigenvalue weighted by Crippen LogP contribution is -2.21. The Morgan fingerprint density at radius 1 is 1.25 bits per heavy atom. The van der Waals surface area contributed by atoms with Gasteiger partial charge < -0.3 is 10.1 Å². The number of aromatic nitrogens is 2. The fraction of sp³-hybridized carbons (Fsp3) is 0.750. The van der Waals surface area contributed by atoms with Crippen molar-refractivity contribution < 1.29 is 4.74 Å². The molecule has 0 saturated carbocycles. The molecule has 0 aliphatic heterocycles. The lowest BCUT2D eigenvalue weighted by Gasteiger charge is -2.19. The quantitative estimate of drug-likeness (QED) is 0.748. The topological polar surface area (TPSA) is 47.0 Å². The zero-order chi connectivity index (χ0) is 15.0. The molecule has 4 nitrogen and oxygen atoms in total. The van der Waals surface area contributed by atoms with Gasteiger partial charge in [-0.3, -0.25) is 0 Å². The maximum Gasteiger partial charge on any atom is 0.157 e. The average Bonchev–Trinajstić information content (AvgIpc) is 2.44. The fourth-order valence-electron chi connectivity index (χ4n) is 2.30. The Labute approximate surface area is 123 Å². The first-order valence-electron chi connectivity index (χ1n) is 7.82. The molecule has 0 aliphatic rings. The Hall–Kier alpha value is -1.00. The first-order valence-corrected chi connectivity index (χ1v) is 7.82. The standard InChI is InChI=1S/C16H29N3O/c1-6-9-15(20-8-3)16-18-11-14(13(5)19-16)12(4)17-10-7-2/h11-12,15,17H,6-10H2,1-5H3. The van der Waals surface area contributed by atoms with E-state index in [2.05, 4.69) is 43.0 Å². The van der Waals surface area contributed by atoms with Crippen molar-refractivity contribution in [3.63, 3.8) is 0 Å². The van der Waals surface area contributed by atoms with Gasteiger partial charge in [0.25, 0.3) is 0 Å². The van der Waals surface area contributed by atoms with Crippen molar-refractivity contribution in [2.75, 3.05) is 13.2 Å². The van der Waals surface area contributed by atoms with Crippen LogP contribution in [-0.4, -0.2) is 23.1 Å². The summed E-state index contributed by atoms with van der Waals surface area (Å²) in [5.74, 6) is 0.817. The van der Waals surface area contributed by atoms with E-state index in [9.17, 15) is 0 Å². The van der Waals surface area contributed by atoms with Crippen LogP contribution in [0.5, 0.6) is 0 Å². The lowest BCUT2D eigenvalue weighted by molar-refractivity contribution is 0.0492. The first kappa shape index (κ1) is 17.1. The number of hydrogen-bond acceptors (Lipinski definition) is 4. The van der Waals surface area contributed by atoms with Crippen LogP contribution in [0.25, 0.3) is 0 Å². The van der Waals surface area contributed by atoms with Gasteiger partial charge >= 0.3 is 0 Å². The zero-order valence-corrected chi connectivity index (χ0v) is 13.6. The number of hydrogen-bond donors (Lipinski definition) is 1. The summed E-state index contributed by atoms with van der Waals surface area (Å²) in [6.45, 7) is 12.3. The molecule has 2 unspecified atom stereocenters. The Kier molecular flexibility index (Phi) is 7.70. The van der Waals surface area contributed by atoms with Gasteiger partial charge in [0.05, 0.1) is 0 Å². The van der Waals surface area contributed by atoms with E-state index < -0.39 is 0 Å². The van der Waals surface area contributed by atoms with Crippen LogP contribution in [0.15, 0.2) is 6.20 Å². The van der Waals surface area contributed by atoms with Crippen molar-refractivity contribution in [1.29, 1.82) is 0 Å². The van der Waals surface area contributed by atoms with Gasteiger partial charge in [0.1, 0.15) is 6.10 Å². The molecule has 1 heterocycles. The molecule has 1 N–H and O–H groups in total. The van der Waals surface area contributed by atoms with E-state index in [1.165, 1.54) is 5.56 Å². The largest absolute Gasteiger partial charge is 0.371 e. The molecular formula is C16H29N3O. The van der Waals surface area contributed by atoms with Crippen molar-refractivity contribution in [2.45, 2.75) is 66.0 Å². The highest BCUT2D eigenvalue weighted by atomic mass is 16.5. The minimum absolute atomic E-state index is 0.0247. The van der Waals surface area contributed by atoms with Gasteiger partial charge in [-0.2, -0.15) is 0 Å². The van der Waals surface area contributed by atoms with E-state index >= 15 is 0 Å². The number of nitrogens with one attached hydrogen (secondary N) is 1. The van der Waals surface area contributed by atoms with Crippen LogP contribution < -0.4 is 5.32 Å². The molecule has 1 aromatic rings. The molecule has 0 bridgehead atoms. The van der Waals surface area contributed by atoms with Crippen LogP contribution in [0.4, 0.5) is 0 Å². The van der Waals surface area contributed by atoms with Crippen LogP contribution in [0.2, 0.25) is 0 Å². The highest BCUT2D eigenvalue weighted by Crippen LogP contribution is 2.22. The van der Waals surface area contributed by atoms with Crippen molar-refractivity contribution in [3.8, 4) is 0 Å². The summed E-state index contributed by atoms with van der Waals surface area (Å²) in [5, 5.41) is 3.48. The maximum atomic E-state index is 5.75. The Morgan fingerprint density at radius 3 is 2.55 bits per heavy atom. The molecule has 0 amide bonds. The minimum Gasteiger partial charge on any atom is -0.371 e. The summed E-state index contributed by atoms with van der Waals surface area (Å²) in [4.78, 5) is 9.19. The molecule has 0 saturated heterocycles. The van der Waals surface area contributed by atoms with Gasteiger partial charge in [-0.05, 0) is 40.2 Å². The summed E-state index contributed by atoms with van der Waals surface area (Å²) in [5.41, 5.74) is 2.22. The third-order valence-electron chi connectivity index (χ3n) is 3.41. The van der Waals surface area contributed by atoms with Crippen LogP contribution >= 0.6 is 0 Å². The van der Waals surface area contributed by atoms with Crippen molar-refractivity contribution in [1.82, 2.24) is 15.3 Å². The summed E-state index contributed by atoms with van der Waals surface area (Å²) in [6.07, 6.45) is 5.15. The highest BCUT2D eigenvalue weighted by Gasteiger charge is 2.16. The number of rotatable bonds is 9. The van der Waals surface area contributed by atoms with E-state index in [0.29, 0.717) is 12.6 Å². The molecule has 20 heavy (non-hydrogen) atoms. The second kappa shape index (κ2) is 9.03. The molecule has 0 aliphatic carbocycles. The summed E-state index contributed by atoms with van der Waals surface area (Å²) >= 11 is 0. The van der Waals surface area contributed by atoms with Crippen molar-refractivity contribution >= 4 is 0 Å². The molecule has 114 valence electrons. The van der Waals surface area contributed by atoms with Crippen LogP contribution in [0, 0.1) is 6.92 Å². The van der Waals surface area contributed by atoms with Gasteiger partial charge in [-0.15, -0.1) is 0 Å². The predicted molar refractivity (Wildman–Crippen MR) is 82.8 cm³/mol. The lowest BCUT2D eigenvalue weighted by atomic mass is 10.1. The van der Waals surface area contributed by atoms with E-state index in [-0.39, 0.29) is 6.10 Å². The Morgan fingerprint density at radius 2 is 2.00 bits per heavy atom. The molecule has 4 heteroatoms. The van der Waals surface area contributed by atoms with Crippen LogP contribution in [0.3, 0.4) is 0 Å². The molecule has 1 aromatic heterocycles. The normalized spacial score (nSPS) is 14.2. The van der Waals surface area contributed by atoms with E-state index in [1.54, 1.807) is 0 Å². The summed E-state index contributed by atoms with van der Waals surface area (Å²) < 4.78 is 5.75. The van der Waals surface area contributed by atoms with Gasteiger partial charge in [0, 0.05) is 30.1 Å². The van der Waals surface area contributed by atoms with Crippen LogP contribution in [-0.2, 0) is 4.74 Å². The smallest absolute Gasteiger partial charge is 0.157 e. The fourth-order valence-corrected chi connectivity index (χ4v) is 2.30. The van der Waals surface area contributed by atoms with Gasteiger partial charge in [-0.25, -0.2) is 9.97 Å². The first-order chi connectivity index (χ1) is 9.63. The summed E-state index contributed by atoms with van der Waals surface area (Å²) in [6, 6.07) is 0.292. The van der Waals surface area contributed by atoms with Gasteiger partial charge in [0.15, 0.2) is 5.82 Å². The average molecular weight is 279 g/mol. The second-order valence-corrected chi connectivity index (χ2v) is 5.18. The molecular weight excluding hydrogens is 250 g/mol. The minimum atomic E-state index is 0.0247. The molecule has 0 radical (unpaired) electrons. The van der Waals surface area contributed by atoms with E-state index in [0.717, 1.165) is 37.3 Å². The highest BCUT2D eigenvalue weighted by molar-refractivity contribution is 5.20. The molecule has 0 fully saturated rings. The third-order valence-corrected chi connectivity index (χ3v) is 3.41. The Bertz CT molecular complexity index is 389. The van der Waals surface area contributed by atoms with Crippen molar-refractivity contribution in [3.05, 3.63) is 23.3 Å². The molecule has 0 spiro atoms. The zero-order valence-electron chi connectivity index (χ0n) is 13.6. The van der Waals surface area contributed by atoms with E-state index in [1.807, 2.05) is 13.1 Å².